The van der Waals surface area contributed by atoms with Crippen LogP contribution in [0.2, 0.25) is 0 Å². The normalized spacial score (nSPS) is 11.6. The quantitative estimate of drug-likeness (QED) is 0.564. The average molecular weight is 362 g/mol. The van der Waals surface area contributed by atoms with Gasteiger partial charge in [-0.15, -0.1) is 0 Å². The number of carboxylic acid groups (broad SMARTS) is 1. The van der Waals surface area contributed by atoms with E-state index in [0.717, 1.165) is 28.4 Å². The molecule has 0 spiro atoms. The number of benzene rings is 3. The van der Waals surface area contributed by atoms with Crippen molar-refractivity contribution in [3.05, 3.63) is 90.0 Å². The van der Waals surface area contributed by atoms with Crippen LogP contribution in [0.4, 0.5) is 0 Å². The highest BCUT2D eigenvalue weighted by molar-refractivity contribution is 5.68. The van der Waals surface area contributed by atoms with Crippen molar-refractivity contribution in [2.45, 2.75) is 25.9 Å². The Morgan fingerprint density at radius 3 is 2.30 bits per heavy atom. The first-order valence-corrected chi connectivity index (χ1v) is 8.86. The van der Waals surface area contributed by atoms with Crippen LogP contribution in [0.3, 0.4) is 0 Å². The molecule has 0 heterocycles. The number of carbonyl (C=O) groups is 1. The second kappa shape index (κ2) is 8.90. The Bertz CT molecular complexity index is 872. The molecule has 0 aliphatic heterocycles. The highest BCUT2D eigenvalue weighted by atomic mass is 16.5. The van der Waals surface area contributed by atoms with Crippen molar-refractivity contribution in [3.63, 3.8) is 0 Å². The van der Waals surface area contributed by atoms with E-state index in [1.165, 1.54) is 0 Å². The van der Waals surface area contributed by atoms with Gasteiger partial charge in [-0.05, 0) is 53.4 Å². The Morgan fingerprint density at radius 2 is 1.59 bits per heavy atom. The van der Waals surface area contributed by atoms with Gasteiger partial charge in [0.1, 0.15) is 23.9 Å². The zero-order valence-corrected chi connectivity index (χ0v) is 15.2. The van der Waals surface area contributed by atoms with Gasteiger partial charge >= 0.3 is 5.97 Å². The second-order valence-electron chi connectivity index (χ2n) is 6.42. The van der Waals surface area contributed by atoms with Gasteiger partial charge < -0.3 is 14.6 Å². The van der Waals surface area contributed by atoms with Crippen molar-refractivity contribution in [1.82, 2.24) is 0 Å². The lowest BCUT2D eigenvalue weighted by Crippen LogP contribution is -2.03. The summed E-state index contributed by atoms with van der Waals surface area (Å²) in [6, 6.07) is 25.0. The molecule has 3 aromatic rings. The van der Waals surface area contributed by atoms with Gasteiger partial charge in [0, 0.05) is 0 Å². The lowest BCUT2D eigenvalue weighted by atomic mass is 9.98. The molecule has 0 radical (unpaired) electrons. The van der Waals surface area contributed by atoms with Crippen LogP contribution < -0.4 is 9.47 Å². The van der Waals surface area contributed by atoms with Gasteiger partial charge in [0.2, 0.25) is 0 Å². The summed E-state index contributed by atoms with van der Waals surface area (Å²) < 4.78 is 11.7. The van der Waals surface area contributed by atoms with E-state index in [1.807, 2.05) is 85.8 Å². The Hall–Kier alpha value is -3.27. The van der Waals surface area contributed by atoms with Crippen molar-refractivity contribution in [1.29, 1.82) is 0 Å². The van der Waals surface area contributed by atoms with Gasteiger partial charge in [-0.2, -0.15) is 0 Å². The molecule has 1 atom stereocenters. The smallest absolute Gasteiger partial charge is 0.303 e. The average Bonchev–Trinajstić information content (AvgIpc) is 2.67. The summed E-state index contributed by atoms with van der Waals surface area (Å²) in [5.74, 6) is 1.49. The first-order chi connectivity index (χ1) is 13.1. The highest BCUT2D eigenvalue weighted by Gasteiger charge is 2.10. The van der Waals surface area contributed by atoms with E-state index in [0.29, 0.717) is 6.61 Å². The topological polar surface area (TPSA) is 55.8 Å². The predicted octanol–water partition coefficient (Wildman–Crippen LogP) is 5.64. The third-order valence-corrected chi connectivity index (χ3v) is 4.21. The first kappa shape index (κ1) is 18.5. The fourth-order valence-electron chi connectivity index (χ4n) is 2.76. The van der Waals surface area contributed by atoms with Crippen LogP contribution in [0, 0.1) is 0 Å². The number of hydrogen-bond donors (Lipinski definition) is 1. The molecule has 0 bridgehead atoms. The van der Waals surface area contributed by atoms with E-state index in [-0.39, 0.29) is 12.3 Å². The summed E-state index contributed by atoms with van der Waals surface area (Å²) >= 11 is 0. The van der Waals surface area contributed by atoms with Crippen LogP contribution in [0.1, 0.15) is 30.4 Å². The lowest BCUT2D eigenvalue weighted by Gasteiger charge is -2.12. The fourth-order valence-corrected chi connectivity index (χ4v) is 2.76. The molecule has 27 heavy (non-hydrogen) atoms. The van der Waals surface area contributed by atoms with Crippen molar-refractivity contribution in [2.24, 2.45) is 0 Å². The van der Waals surface area contributed by atoms with Crippen LogP contribution in [0.25, 0.3) is 0 Å². The van der Waals surface area contributed by atoms with E-state index in [2.05, 4.69) is 0 Å². The molecule has 1 unspecified atom stereocenters. The standard InChI is InChI=1S/C23H22O4/c1-17(14-23(24)25)19-10-12-20(13-11-19)26-16-18-6-5-9-22(15-18)27-21-7-3-2-4-8-21/h2-13,15,17H,14,16H2,1H3,(H,24,25). The molecule has 3 rings (SSSR count). The van der Waals surface area contributed by atoms with Crippen LogP contribution in [-0.4, -0.2) is 11.1 Å². The molecule has 4 nitrogen and oxygen atoms in total. The monoisotopic (exact) mass is 362 g/mol. The Balaban J connectivity index is 1.58. The molecule has 3 aromatic carbocycles. The molecule has 1 N–H and O–H groups in total. The number of para-hydroxylation sites is 1. The first-order valence-electron chi connectivity index (χ1n) is 8.86. The zero-order valence-electron chi connectivity index (χ0n) is 15.2. The van der Waals surface area contributed by atoms with Gasteiger partial charge in [0.25, 0.3) is 0 Å². The van der Waals surface area contributed by atoms with E-state index < -0.39 is 5.97 Å². The summed E-state index contributed by atoms with van der Waals surface area (Å²) in [4.78, 5) is 10.8. The van der Waals surface area contributed by atoms with Crippen LogP contribution >= 0.6 is 0 Å². The minimum atomic E-state index is -0.791. The molecule has 0 aromatic heterocycles. The summed E-state index contributed by atoms with van der Waals surface area (Å²) in [6.45, 7) is 2.33. The van der Waals surface area contributed by atoms with Gasteiger partial charge in [-0.3, -0.25) is 4.79 Å². The number of aliphatic carboxylic acids is 1. The predicted molar refractivity (Wildman–Crippen MR) is 104 cm³/mol. The van der Waals surface area contributed by atoms with Crippen LogP contribution in [0.15, 0.2) is 78.9 Å². The van der Waals surface area contributed by atoms with Gasteiger partial charge in [0.15, 0.2) is 0 Å². The summed E-state index contributed by atoms with van der Waals surface area (Å²) in [7, 11) is 0. The largest absolute Gasteiger partial charge is 0.489 e. The van der Waals surface area contributed by atoms with Crippen molar-refractivity contribution in [2.75, 3.05) is 0 Å². The maximum atomic E-state index is 10.8. The minimum absolute atomic E-state index is 0.0247. The number of ether oxygens (including phenoxy) is 2. The third-order valence-electron chi connectivity index (χ3n) is 4.21. The summed E-state index contributed by atoms with van der Waals surface area (Å²) in [5.41, 5.74) is 2.00. The highest BCUT2D eigenvalue weighted by Crippen LogP contribution is 2.24. The van der Waals surface area contributed by atoms with E-state index in [9.17, 15) is 4.79 Å². The summed E-state index contributed by atoms with van der Waals surface area (Å²) in [6.07, 6.45) is 0.119. The minimum Gasteiger partial charge on any atom is -0.489 e. The van der Waals surface area contributed by atoms with Crippen molar-refractivity contribution in [3.8, 4) is 17.2 Å². The molecule has 0 saturated heterocycles. The molecule has 0 fully saturated rings. The van der Waals surface area contributed by atoms with Crippen molar-refractivity contribution >= 4 is 5.97 Å². The molecule has 0 amide bonds. The Labute approximate surface area is 159 Å². The fraction of sp³-hybridized carbons (Fsp3) is 0.174. The molecule has 4 heteroatoms. The Kier molecular flexibility index (Phi) is 6.10. The molecule has 0 aliphatic carbocycles. The van der Waals surface area contributed by atoms with Gasteiger partial charge in [-0.25, -0.2) is 0 Å². The van der Waals surface area contributed by atoms with Gasteiger partial charge in [0.05, 0.1) is 6.42 Å². The van der Waals surface area contributed by atoms with E-state index in [1.54, 1.807) is 0 Å². The SMILES string of the molecule is CC(CC(=O)O)c1ccc(OCc2cccc(Oc3ccccc3)c2)cc1. The second-order valence-corrected chi connectivity index (χ2v) is 6.42. The number of carboxylic acids is 1. The molecular formula is C23H22O4. The summed E-state index contributed by atoms with van der Waals surface area (Å²) in [5, 5.41) is 8.89. The molecule has 138 valence electrons. The third kappa shape index (κ3) is 5.61. The molecular weight excluding hydrogens is 340 g/mol. The lowest BCUT2D eigenvalue weighted by molar-refractivity contribution is -0.137. The van der Waals surface area contributed by atoms with Gasteiger partial charge in [-0.1, -0.05) is 49.4 Å². The molecule has 0 saturated carbocycles. The Morgan fingerprint density at radius 1 is 0.889 bits per heavy atom. The van der Waals surface area contributed by atoms with Crippen molar-refractivity contribution < 1.29 is 19.4 Å². The number of rotatable bonds is 8. The molecule has 0 aliphatic rings. The maximum Gasteiger partial charge on any atom is 0.303 e. The maximum absolute atomic E-state index is 10.8. The van der Waals surface area contributed by atoms with Crippen LogP contribution in [0.5, 0.6) is 17.2 Å². The van der Waals surface area contributed by atoms with E-state index >= 15 is 0 Å². The number of hydrogen-bond acceptors (Lipinski definition) is 3. The van der Waals surface area contributed by atoms with Crippen LogP contribution in [-0.2, 0) is 11.4 Å². The zero-order chi connectivity index (χ0) is 19.1. The van der Waals surface area contributed by atoms with E-state index in [4.69, 9.17) is 14.6 Å².